The maximum Gasteiger partial charge on any atom is 0.355 e. The van der Waals surface area contributed by atoms with E-state index in [4.69, 9.17) is 4.74 Å². The Bertz CT molecular complexity index is 811. The highest BCUT2D eigenvalue weighted by Gasteiger charge is 2.21. The zero-order chi connectivity index (χ0) is 19.3. The number of nitrogens with zero attached hydrogens (tertiary/aromatic N) is 1. The summed E-state index contributed by atoms with van der Waals surface area (Å²) in [5.41, 5.74) is 1.48. The fourth-order valence-electron chi connectivity index (χ4n) is 2.36. The van der Waals surface area contributed by atoms with E-state index in [1.165, 1.54) is 42.8 Å². The lowest BCUT2D eigenvalue weighted by molar-refractivity contribution is -0.129. The molecule has 0 unspecified atom stereocenters. The van der Waals surface area contributed by atoms with Gasteiger partial charge in [0.15, 0.2) is 11.9 Å². The minimum Gasteiger partial charge on any atom is -0.448 e. The van der Waals surface area contributed by atoms with E-state index in [0.29, 0.717) is 18.5 Å². The largest absolute Gasteiger partial charge is 0.448 e. The first-order chi connectivity index (χ1) is 12.3. The molecule has 1 heterocycles. The number of rotatable bonds is 7. The first-order valence-corrected chi connectivity index (χ1v) is 8.18. The van der Waals surface area contributed by atoms with Gasteiger partial charge in [-0.3, -0.25) is 9.59 Å². The van der Waals surface area contributed by atoms with Crippen molar-refractivity contribution in [1.82, 2.24) is 9.88 Å². The van der Waals surface area contributed by atoms with Crippen molar-refractivity contribution < 1.29 is 23.5 Å². The summed E-state index contributed by atoms with van der Waals surface area (Å²) in [6.07, 6.45) is 1.09. The van der Waals surface area contributed by atoms with Gasteiger partial charge in [0.25, 0.3) is 5.91 Å². The van der Waals surface area contributed by atoms with Crippen LogP contribution in [-0.4, -0.2) is 34.9 Å². The zero-order valence-electron chi connectivity index (χ0n) is 14.9. The van der Waals surface area contributed by atoms with Crippen LogP contribution in [0.2, 0.25) is 0 Å². The van der Waals surface area contributed by atoms with Crippen LogP contribution < -0.4 is 5.32 Å². The van der Waals surface area contributed by atoms with E-state index < -0.39 is 18.0 Å². The maximum absolute atomic E-state index is 12.8. The number of ketones is 1. The molecule has 0 bridgehead atoms. The monoisotopic (exact) mass is 360 g/mol. The first kappa shape index (κ1) is 19.4. The number of carbonyl (C=O) groups excluding carboxylic acids is 3. The lowest BCUT2D eigenvalue weighted by Gasteiger charge is -2.13. The van der Waals surface area contributed by atoms with Crippen molar-refractivity contribution in [3.63, 3.8) is 0 Å². The summed E-state index contributed by atoms with van der Waals surface area (Å²) < 4.78 is 19.5. The molecule has 0 fully saturated rings. The van der Waals surface area contributed by atoms with Gasteiger partial charge in [-0.05, 0) is 44.0 Å². The van der Waals surface area contributed by atoms with E-state index in [0.717, 1.165) is 5.56 Å². The number of esters is 1. The van der Waals surface area contributed by atoms with Gasteiger partial charge in [-0.2, -0.15) is 0 Å². The van der Waals surface area contributed by atoms with Crippen molar-refractivity contribution >= 4 is 17.7 Å². The van der Waals surface area contributed by atoms with Gasteiger partial charge < -0.3 is 14.6 Å². The summed E-state index contributed by atoms with van der Waals surface area (Å²) in [5, 5.41) is 2.67. The molecule has 0 aliphatic heterocycles. The molecule has 2 aromatic rings. The highest BCUT2D eigenvalue weighted by molar-refractivity contribution is 5.98. The number of amides is 1. The van der Waals surface area contributed by atoms with Crippen LogP contribution in [0.1, 0.15) is 40.3 Å². The molecular weight excluding hydrogens is 339 g/mol. The number of aryl methyl sites for hydroxylation is 1. The molecule has 0 spiro atoms. The Morgan fingerprint density at radius 1 is 1.23 bits per heavy atom. The predicted molar refractivity (Wildman–Crippen MR) is 93.4 cm³/mol. The molecule has 0 saturated carbocycles. The average molecular weight is 360 g/mol. The van der Waals surface area contributed by atoms with Gasteiger partial charge in [-0.25, -0.2) is 9.18 Å². The summed E-state index contributed by atoms with van der Waals surface area (Å²) in [5.74, 6) is -1.58. The molecule has 26 heavy (non-hydrogen) atoms. The molecule has 2 rings (SSSR count). The van der Waals surface area contributed by atoms with Crippen LogP contribution in [0.3, 0.4) is 0 Å². The van der Waals surface area contributed by atoms with Crippen LogP contribution in [0.15, 0.2) is 36.5 Å². The lowest BCUT2D eigenvalue weighted by atomic mass is 10.1. The second kappa shape index (κ2) is 8.42. The number of hydrogen-bond donors (Lipinski definition) is 1. The number of Topliss-reactive ketones (excluding diaryl/α,β-unsaturated/α-hetero) is 1. The SMILES string of the molecule is CC(=O)c1cc(C(=O)O[C@@H](C)C(=O)NCCc2ccc(F)cc2)n(C)c1. The molecule has 0 saturated heterocycles. The minimum atomic E-state index is -0.980. The number of ether oxygens (including phenoxy) is 1. The summed E-state index contributed by atoms with van der Waals surface area (Å²) in [6.45, 7) is 3.21. The molecule has 0 radical (unpaired) electrons. The van der Waals surface area contributed by atoms with Crippen LogP contribution in [0.25, 0.3) is 0 Å². The summed E-state index contributed by atoms with van der Waals surface area (Å²) in [4.78, 5) is 35.6. The molecular formula is C19H21FN2O4. The van der Waals surface area contributed by atoms with Gasteiger partial charge >= 0.3 is 5.97 Å². The Labute approximate surface area is 151 Å². The molecule has 0 aliphatic carbocycles. The van der Waals surface area contributed by atoms with E-state index >= 15 is 0 Å². The topological polar surface area (TPSA) is 77.4 Å². The third-order valence-electron chi connectivity index (χ3n) is 3.90. The lowest BCUT2D eigenvalue weighted by Crippen LogP contribution is -2.37. The summed E-state index contributed by atoms with van der Waals surface area (Å²) in [6, 6.07) is 7.44. The second-order valence-electron chi connectivity index (χ2n) is 6.00. The fourth-order valence-corrected chi connectivity index (χ4v) is 2.36. The van der Waals surface area contributed by atoms with E-state index in [1.54, 1.807) is 19.2 Å². The highest BCUT2D eigenvalue weighted by atomic mass is 19.1. The summed E-state index contributed by atoms with van der Waals surface area (Å²) >= 11 is 0. The Balaban J connectivity index is 1.85. The van der Waals surface area contributed by atoms with Crippen molar-refractivity contribution in [2.75, 3.05) is 6.54 Å². The number of hydrogen-bond acceptors (Lipinski definition) is 4. The van der Waals surface area contributed by atoms with Crippen LogP contribution in [0.5, 0.6) is 0 Å². The molecule has 1 aromatic carbocycles. The van der Waals surface area contributed by atoms with Crippen LogP contribution >= 0.6 is 0 Å². The number of benzene rings is 1. The molecule has 6 nitrogen and oxygen atoms in total. The average Bonchev–Trinajstić information content (AvgIpc) is 2.98. The maximum atomic E-state index is 12.8. The normalized spacial score (nSPS) is 11.7. The van der Waals surface area contributed by atoms with Crippen molar-refractivity contribution in [3.8, 4) is 0 Å². The molecule has 1 atom stereocenters. The number of halogens is 1. The molecule has 0 aliphatic rings. The molecule has 1 amide bonds. The molecule has 7 heteroatoms. The predicted octanol–water partition coefficient (Wildman–Crippen LogP) is 2.27. The van der Waals surface area contributed by atoms with Crippen molar-refractivity contribution in [2.45, 2.75) is 26.4 Å². The van der Waals surface area contributed by atoms with Crippen molar-refractivity contribution in [1.29, 1.82) is 0 Å². The third kappa shape index (κ3) is 5.02. The number of carbonyl (C=O) groups is 3. The molecule has 1 N–H and O–H groups in total. The van der Waals surface area contributed by atoms with E-state index in [9.17, 15) is 18.8 Å². The molecule has 138 valence electrons. The van der Waals surface area contributed by atoms with Gasteiger partial charge in [-0.15, -0.1) is 0 Å². The standard InChI is InChI=1S/C19H21FN2O4/c1-12(23)15-10-17(22(3)11-15)19(25)26-13(2)18(24)21-9-8-14-4-6-16(20)7-5-14/h4-7,10-11,13H,8-9H2,1-3H3,(H,21,24)/t13-/m0/s1. The fraction of sp³-hybridized carbons (Fsp3) is 0.316. The van der Waals surface area contributed by atoms with Crippen molar-refractivity contribution in [3.05, 3.63) is 59.2 Å². The van der Waals surface area contributed by atoms with E-state index in [1.807, 2.05) is 0 Å². The quantitative estimate of drug-likeness (QED) is 0.607. The van der Waals surface area contributed by atoms with Crippen LogP contribution in [0, 0.1) is 5.82 Å². The van der Waals surface area contributed by atoms with Crippen LogP contribution in [-0.2, 0) is 23.0 Å². The Kier molecular flexibility index (Phi) is 6.27. The van der Waals surface area contributed by atoms with E-state index in [-0.39, 0.29) is 17.3 Å². The first-order valence-electron chi connectivity index (χ1n) is 8.18. The third-order valence-corrected chi connectivity index (χ3v) is 3.90. The van der Waals surface area contributed by atoms with Gasteiger partial charge in [-0.1, -0.05) is 12.1 Å². The van der Waals surface area contributed by atoms with Gasteiger partial charge in [0.1, 0.15) is 11.5 Å². The van der Waals surface area contributed by atoms with Gasteiger partial charge in [0.2, 0.25) is 0 Å². The Morgan fingerprint density at radius 2 is 1.88 bits per heavy atom. The number of aromatic nitrogens is 1. The van der Waals surface area contributed by atoms with E-state index in [2.05, 4.69) is 5.32 Å². The van der Waals surface area contributed by atoms with Gasteiger partial charge in [0.05, 0.1) is 0 Å². The van der Waals surface area contributed by atoms with Crippen LogP contribution in [0.4, 0.5) is 4.39 Å². The zero-order valence-corrected chi connectivity index (χ0v) is 14.9. The minimum absolute atomic E-state index is 0.161. The Morgan fingerprint density at radius 3 is 2.46 bits per heavy atom. The smallest absolute Gasteiger partial charge is 0.355 e. The van der Waals surface area contributed by atoms with Gasteiger partial charge in [0, 0.05) is 25.4 Å². The van der Waals surface area contributed by atoms with Crippen molar-refractivity contribution in [2.24, 2.45) is 7.05 Å². The number of nitrogens with one attached hydrogen (secondary N) is 1. The summed E-state index contributed by atoms with van der Waals surface area (Å²) in [7, 11) is 1.62. The molecule has 1 aromatic heterocycles. The Hall–Kier alpha value is -2.96. The highest BCUT2D eigenvalue weighted by Crippen LogP contribution is 2.11. The second-order valence-corrected chi connectivity index (χ2v) is 6.00.